The van der Waals surface area contributed by atoms with Gasteiger partial charge in [0.25, 0.3) is 0 Å². The fourth-order valence-corrected chi connectivity index (χ4v) is 17.8. The van der Waals surface area contributed by atoms with Gasteiger partial charge >= 0.3 is 53.4 Å². The Balaban J connectivity index is 0.000000144. The quantitative estimate of drug-likeness (QED) is 0.126. The van der Waals surface area contributed by atoms with Gasteiger partial charge in [-0.25, -0.2) is 9.13 Å². The van der Waals surface area contributed by atoms with Gasteiger partial charge in [-0.05, 0) is 237 Å². The van der Waals surface area contributed by atoms with Crippen molar-refractivity contribution < 1.29 is 37.0 Å². The van der Waals surface area contributed by atoms with Gasteiger partial charge in [0.05, 0.1) is 0 Å². The summed E-state index contributed by atoms with van der Waals surface area (Å²) in [4.78, 5) is 28.0. The van der Waals surface area contributed by atoms with E-state index in [1.807, 2.05) is 72.8 Å². The van der Waals surface area contributed by atoms with E-state index in [9.17, 15) is 18.9 Å². The van der Waals surface area contributed by atoms with Crippen LogP contribution in [0.2, 0.25) is 0 Å². The number of aryl methyl sites for hydroxylation is 4. The van der Waals surface area contributed by atoms with Gasteiger partial charge in [-0.15, -0.1) is 0 Å². The summed E-state index contributed by atoms with van der Waals surface area (Å²) >= 11 is 0. The summed E-state index contributed by atoms with van der Waals surface area (Å²) in [6, 6.07) is 66.8. The van der Waals surface area contributed by atoms with E-state index >= 15 is 0 Å². The molecule has 0 N–H and O–H groups in total. The molecule has 18 rings (SSSR count). The van der Waals surface area contributed by atoms with Crippen LogP contribution in [0.1, 0.15) is 95.9 Å². The number of fused-ring (bicyclic) bond motifs is 18. The summed E-state index contributed by atoms with van der Waals surface area (Å²) in [6.45, 7) is 0. The zero-order valence-corrected chi connectivity index (χ0v) is 54.7. The number of phosphoric acid groups is 2. The van der Waals surface area contributed by atoms with Crippen LogP contribution in [0.4, 0.5) is 0 Å². The third-order valence-corrected chi connectivity index (χ3v) is 21.7. The van der Waals surface area contributed by atoms with Gasteiger partial charge in [-0.1, -0.05) is 170 Å². The van der Waals surface area contributed by atoms with Gasteiger partial charge in [0.1, 0.15) is 23.0 Å². The summed E-state index contributed by atoms with van der Waals surface area (Å²) in [6.07, 6.45) is 16.0. The third kappa shape index (κ3) is 10.2. The van der Waals surface area contributed by atoms with Gasteiger partial charge in [0.2, 0.25) is 0 Å². The largest absolute Gasteiger partial charge is 2.00 e. The molecule has 0 bridgehead atoms. The van der Waals surface area contributed by atoms with Crippen molar-refractivity contribution in [1.29, 1.82) is 0 Å². The molecule has 91 heavy (non-hydrogen) atoms. The zero-order chi connectivity index (χ0) is 60.2. The molecule has 444 valence electrons. The van der Waals surface area contributed by atoms with Crippen LogP contribution in [0, 0.1) is 0 Å². The zero-order valence-electron chi connectivity index (χ0n) is 50.7. The van der Waals surface area contributed by atoms with Crippen LogP contribution >= 0.6 is 15.6 Å². The third-order valence-electron chi connectivity index (χ3n) is 20.0. The Kier molecular flexibility index (Phi) is 15.2. The van der Waals surface area contributed by atoms with E-state index < -0.39 is 15.6 Å². The minimum Gasteiger partial charge on any atom is -0.736 e. The Hall–Kier alpha value is -7.48. The maximum atomic E-state index is 14.0. The molecule has 2 heterocycles. The fourth-order valence-electron chi connectivity index (χ4n) is 16.1. The average Bonchev–Trinajstić information content (AvgIpc) is 1.72. The monoisotopic (exact) mass is 1250 g/mol. The van der Waals surface area contributed by atoms with Crippen LogP contribution in [-0.2, 0) is 60.5 Å². The maximum Gasteiger partial charge on any atom is 2.00 e. The predicted molar refractivity (Wildman–Crippen MR) is 366 cm³/mol. The Labute approximate surface area is 560 Å². The SMILES string of the molecule is O=P1([O-])Oc2c(-c3cccc4ccccc34)cc3c(c2-c2c4c(cc(-c5cccc6ccccc56)c2O1)CCCC4)CCCC3.O=P1([O-])Oc2c(-c3cccc4ccccc34)cc3c(c2-c2c4c(cc(-c5cccc6ccccc56)c2O1)CCCC4)CCCC3.[Ca+2]. The van der Waals surface area contributed by atoms with Crippen molar-refractivity contribution in [1.82, 2.24) is 0 Å². The van der Waals surface area contributed by atoms with Crippen LogP contribution < -0.4 is 27.9 Å². The normalized spacial score (nSPS) is 16.3. The van der Waals surface area contributed by atoms with Crippen molar-refractivity contribution in [2.24, 2.45) is 0 Å². The molecule has 12 aromatic rings. The molecular weight excluding hydrogens is 1190 g/mol. The van der Waals surface area contributed by atoms with Crippen molar-refractivity contribution >= 4 is 96.5 Å². The molecule has 0 saturated heterocycles. The van der Waals surface area contributed by atoms with Gasteiger partial charge in [0, 0.05) is 44.5 Å². The molecule has 11 heteroatoms. The Morgan fingerprint density at radius 3 is 0.714 bits per heavy atom. The van der Waals surface area contributed by atoms with Crippen molar-refractivity contribution in [3.05, 3.63) is 239 Å². The number of phosphoric ester groups is 2. The molecule has 0 amide bonds. The van der Waals surface area contributed by atoms with Crippen LogP contribution in [0.15, 0.2) is 194 Å². The second-order valence-corrected chi connectivity index (χ2v) is 27.8. The molecule has 6 aliphatic rings. The average molecular weight is 1260 g/mol. The number of benzene rings is 12. The first-order valence-electron chi connectivity index (χ1n) is 32.2. The molecule has 0 fully saturated rings. The summed E-state index contributed by atoms with van der Waals surface area (Å²) in [5.74, 6) is 1.64. The Morgan fingerprint density at radius 1 is 0.264 bits per heavy atom. The first-order valence-corrected chi connectivity index (χ1v) is 35.1. The number of hydrogen-bond donors (Lipinski definition) is 0. The molecule has 0 saturated carbocycles. The Morgan fingerprint density at radius 2 is 0.473 bits per heavy atom. The van der Waals surface area contributed by atoms with Gasteiger partial charge in [0.15, 0.2) is 0 Å². The first kappa shape index (κ1) is 58.6. The summed E-state index contributed by atoms with van der Waals surface area (Å²) < 4.78 is 52.7. The summed E-state index contributed by atoms with van der Waals surface area (Å²) in [7, 11) is -9.66. The maximum absolute atomic E-state index is 14.0. The van der Waals surface area contributed by atoms with Crippen molar-refractivity contribution in [2.45, 2.75) is 103 Å². The van der Waals surface area contributed by atoms with Gasteiger partial charge < -0.3 is 27.9 Å². The minimum atomic E-state index is -4.83. The van der Waals surface area contributed by atoms with Crippen molar-refractivity contribution in [3.8, 4) is 89.8 Å². The number of rotatable bonds is 4. The smallest absolute Gasteiger partial charge is 0.736 e. The fraction of sp³-hybridized carbons (Fsp3) is 0.200. The molecule has 0 unspecified atom stereocenters. The van der Waals surface area contributed by atoms with E-state index in [1.54, 1.807) is 0 Å². The van der Waals surface area contributed by atoms with E-state index in [2.05, 4.69) is 121 Å². The van der Waals surface area contributed by atoms with E-state index in [0.717, 1.165) is 213 Å². The molecule has 4 aliphatic carbocycles. The van der Waals surface area contributed by atoms with Crippen LogP contribution in [0.5, 0.6) is 23.0 Å². The molecular formula is C80H64CaO8P2. The molecule has 2 aliphatic heterocycles. The van der Waals surface area contributed by atoms with Gasteiger partial charge in [-0.2, -0.15) is 0 Å². The topological polar surface area (TPSA) is 117 Å². The molecule has 8 nitrogen and oxygen atoms in total. The molecule has 0 spiro atoms. The summed E-state index contributed by atoms with van der Waals surface area (Å²) in [5.41, 5.74) is 20.7. The second-order valence-electron chi connectivity index (χ2n) is 25.3. The molecule has 12 aromatic carbocycles. The Bertz CT molecular complexity index is 4460. The van der Waals surface area contributed by atoms with Crippen molar-refractivity contribution in [3.63, 3.8) is 0 Å². The predicted octanol–water partition coefficient (Wildman–Crippen LogP) is 19.6. The van der Waals surface area contributed by atoms with Crippen LogP contribution in [-0.4, -0.2) is 37.7 Å². The van der Waals surface area contributed by atoms with E-state index in [4.69, 9.17) is 18.1 Å². The standard InChI is InChI=1S/2C40H33O4P.Ca/c2*41-45(42)43-39-35(33-21-9-15-25-11-1-5-17-29(25)33)23-27-13-3-7-19-31(27)37(39)38-32-20-8-4-14-28(32)24-36(40(38)44-45)34-22-10-16-26-12-2-6-18-30(26)34;/h2*1-2,5-6,9-12,15-18,21-24H,3-4,7-8,13-14,19-20H2,(H,41,42);/q;;+2/p-2. The molecule has 0 radical (unpaired) electrons. The second kappa shape index (κ2) is 23.6. The van der Waals surface area contributed by atoms with Crippen LogP contribution in [0.3, 0.4) is 0 Å². The van der Waals surface area contributed by atoms with Gasteiger partial charge in [-0.3, -0.25) is 0 Å². The molecule has 0 aromatic heterocycles. The summed E-state index contributed by atoms with van der Waals surface area (Å²) in [5, 5.41) is 8.69. The van der Waals surface area contributed by atoms with E-state index in [1.165, 1.54) is 44.5 Å². The van der Waals surface area contributed by atoms with E-state index in [0.29, 0.717) is 23.0 Å². The van der Waals surface area contributed by atoms with E-state index in [-0.39, 0.29) is 37.7 Å². The minimum absolute atomic E-state index is 0. The first-order chi connectivity index (χ1) is 44.1. The molecule has 0 atom stereocenters. The number of hydrogen-bond acceptors (Lipinski definition) is 8. The van der Waals surface area contributed by atoms with Crippen LogP contribution in [0.25, 0.3) is 110 Å². The van der Waals surface area contributed by atoms with Crippen molar-refractivity contribution in [2.75, 3.05) is 0 Å².